The van der Waals surface area contributed by atoms with E-state index >= 15 is 0 Å². The first-order valence-electron chi connectivity index (χ1n) is 12.9. The number of benzene rings is 1. The normalized spacial score (nSPS) is 47.2. The van der Waals surface area contributed by atoms with Crippen LogP contribution in [-0.2, 0) is 6.18 Å². The van der Waals surface area contributed by atoms with Crippen molar-refractivity contribution < 1.29 is 13.2 Å². The van der Waals surface area contributed by atoms with E-state index in [9.17, 15) is 13.2 Å². The maximum atomic E-state index is 13.3. The third-order valence-corrected chi connectivity index (χ3v) is 10.6. The Kier molecular flexibility index (Phi) is 3.91. The Balaban J connectivity index is 1.34. The zero-order valence-electron chi connectivity index (χ0n) is 18.4. The number of alkyl halides is 3. The Hall–Kier alpha value is -1.12. The molecule has 0 nitrogen and oxygen atoms in total. The van der Waals surface area contributed by atoms with E-state index in [0.717, 1.165) is 35.5 Å². The highest BCUT2D eigenvalue weighted by atomic mass is 19.4. The lowest BCUT2D eigenvalue weighted by Gasteiger charge is -2.64. The van der Waals surface area contributed by atoms with Gasteiger partial charge in [-0.15, -0.1) is 0 Å². The summed E-state index contributed by atoms with van der Waals surface area (Å²) in [4.78, 5) is 0. The monoisotopic (exact) mass is 427 g/mol. The standard InChI is InChI=1S/C28H34F3/c29-28(30,31)24-3-1-23(2-4-24)25(26-11-17-5-18(12-26)7-19(6-17)13-26)27-14-20-8-21(15-27)10-22(9-20)16-27/h1-4,17-22H,5-16H2/q+1. The second-order valence-electron chi connectivity index (χ2n) is 12.8. The minimum atomic E-state index is -4.25. The first kappa shape index (κ1) is 19.4. The van der Waals surface area contributed by atoms with Crippen molar-refractivity contribution in [2.45, 2.75) is 83.2 Å². The summed E-state index contributed by atoms with van der Waals surface area (Å²) in [6.45, 7) is 0. The van der Waals surface area contributed by atoms with Crippen LogP contribution in [0.4, 0.5) is 13.2 Å². The van der Waals surface area contributed by atoms with Crippen LogP contribution in [0, 0.1) is 52.3 Å². The van der Waals surface area contributed by atoms with Gasteiger partial charge in [-0.2, -0.15) is 13.2 Å². The number of hydrogen-bond acceptors (Lipinski definition) is 0. The van der Waals surface area contributed by atoms with Gasteiger partial charge in [0.2, 0.25) is 0 Å². The molecule has 0 atom stereocenters. The van der Waals surface area contributed by atoms with Gasteiger partial charge in [-0.3, -0.25) is 0 Å². The first-order valence-corrected chi connectivity index (χ1v) is 12.9. The Morgan fingerprint density at radius 3 is 1.19 bits per heavy atom. The highest BCUT2D eigenvalue weighted by Crippen LogP contribution is 2.73. The fourth-order valence-corrected chi connectivity index (χ4v) is 10.8. The van der Waals surface area contributed by atoms with E-state index in [0.29, 0.717) is 0 Å². The molecular formula is C28H34F3+. The predicted octanol–water partition coefficient (Wildman–Crippen LogP) is 8.06. The Morgan fingerprint density at radius 1 is 0.581 bits per heavy atom. The van der Waals surface area contributed by atoms with Crippen molar-refractivity contribution in [3.05, 3.63) is 41.3 Å². The fourth-order valence-electron chi connectivity index (χ4n) is 10.8. The van der Waals surface area contributed by atoms with Crippen LogP contribution in [0.2, 0.25) is 0 Å². The van der Waals surface area contributed by atoms with Gasteiger partial charge in [-0.25, -0.2) is 0 Å². The summed E-state index contributed by atoms with van der Waals surface area (Å²) in [6.07, 6.45) is 12.2. The molecule has 31 heavy (non-hydrogen) atoms. The molecule has 0 heterocycles. The van der Waals surface area contributed by atoms with Gasteiger partial charge >= 0.3 is 6.18 Å². The highest BCUT2D eigenvalue weighted by Gasteiger charge is 2.66. The molecule has 9 rings (SSSR count). The van der Waals surface area contributed by atoms with Gasteiger partial charge < -0.3 is 0 Å². The lowest BCUT2D eigenvalue weighted by atomic mass is 9.37. The molecule has 8 fully saturated rings. The Bertz CT molecular complexity index is 749. The summed E-state index contributed by atoms with van der Waals surface area (Å²) >= 11 is 0. The molecule has 8 aliphatic rings. The first-order chi connectivity index (χ1) is 14.8. The molecule has 1 aromatic rings. The molecule has 8 bridgehead atoms. The molecule has 1 aromatic carbocycles. The Labute approximate surface area is 184 Å². The van der Waals surface area contributed by atoms with E-state index in [1.54, 1.807) is 5.92 Å². The van der Waals surface area contributed by atoms with Crippen molar-refractivity contribution in [1.29, 1.82) is 0 Å². The van der Waals surface area contributed by atoms with Gasteiger partial charge in [0, 0.05) is 41.0 Å². The number of hydrogen-bond donors (Lipinski definition) is 0. The van der Waals surface area contributed by atoms with Crippen LogP contribution in [-0.4, -0.2) is 0 Å². The molecule has 0 saturated heterocycles. The van der Waals surface area contributed by atoms with Crippen LogP contribution in [0.3, 0.4) is 0 Å². The average molecular weight is 428 g/mol. The van der Waals surface area contributed by atoms with Crippen molar-refractivity contribution in [2.75, 3.05) is 0 Å². The zero-order chi connectivity index (χ0) is 21.0. The predicted molar refractivity (Wildman–Crippen MR) is 115 cm³/mol. The summed E-state index contributed by atoms with van der Waals surface area (Å²) in [6, 6.07) is 6.48. The molecule has 3 heteroatoms. The molecule has 0 aliphatic heterocycles. The van der Waals surface area contributed by atoms with Crippen LogP contribution in [0.15, 0.2) is 24.3 Å². The minimum absolute atomic E-state index is 0.278. The Morgan fingerprint density at radius 2 is 0.903 bits per heavy atom. The van der Waals surface area contributed by atoms with E-state index in [-0.39, 0.29) is 10.8 Å². The molecule has 0 N–H and O–H groups in total. The van der Waals surface area contributed by atoms with Crippen LogP contribution in [0.1, 0.15) is 88.2 Å². The van der Waals surface area contributed by atoms with Gasteiger partial charge in [-0.05, 0) is 113 Å². The molecular weight excluding hydrogens is 393 g/mol. The molecule has 0 amide bonds. The van der Waals surface area contributed by atoms with E-state index in [1.807, 2.05) is 12.1 Å². The van der Waals surface area contributed by atoms with Crippen molar-refractivity contribution in [3.8, 4) is 0 Å². The topological polar surface area (TPSA) is 0 Å². The summed E-state index contributed by atoms with van der Waals surface area (Å²) in [5, 5.41) is 0. The molecule has 0 aromatic heterocycles. The van der Waals surface area contributed by atoms with Crippen LogP contribution >= 0.6 is 0 Å². The second kappa shape index (κ2) is 6.26. The van der Waals surface area contributed by atoms with Crippen molar-refractivity contribution >= 4 is 0 Å². The van der Waals surface area contributed by atoms with Crippen molar-refractivity contribution in [2.24, 2.45) is 46.3 Å². The van der Waals surface area contributed by atoms with Crippen LogP contribution in [0.5, 0.6) is 0 Å². The summed E-state index contributed by atoms with van der Waals surface area (Å²) in [7, 11) is 0. The van der Waals surface area contributed by atoms with Crippen LogP contribution in [0.25, 0.3) is 0 Å². The third kappa shape index (κ3) is 2.90. The third-order valence-electron chi connectivity index (χ3n) is 10.6. The number of halogens is 3. The second-order valence-corrected chi connectivity index (χ2v) is 12.8. The van der Waals surface area contributed by atoms with E-state index in [4.69, 9.17) is 0 Å². The molecule has 0 spiro atoms. The largest absolute Gasteiger partial charge is 0.418 e. The van der Waals surface area contributed by atoms with Crippen LogP contribution < -0.4 is 0 Å². The van der Waals surface area contributed by atoms with E-state index in [2.05, 4.69) is 0 Å². The molecule has 8 saturated carbocycles. The maximum absolute atomic E-state index is 13.3. The average Bonchev–Trinajstić information content (AvgIpc) is 2.65. The zero-order valence-corrected chi connectivity index (χ0v) is 18.4. The van der Waals surface area contributed by atoms with Crippen molar-refractivity contribution in [1.82, 2.24) is 0 Å². The lowest BCUT2D eigenvalue weighted by molar-refractivity contribution is -0.137. The van der Waals surface area contributed by atoms with Gasteiger partial charge in [0.05, 0.1) is 5.56 Å². The summed E-state index contributed by atoms with van der Waals surface area (Å²) in [5.74, 6) is 6.85. The highest BCUT2D eigenvalue weighted by molar-refractivity contribution is 5.43. The minimum Gasteiger partial charge on any atom is -0.166 e. The van der Waals surface area contributed by atoms with Gasteiger partial charge in [0.1, 0.15) is 5.56 Å². The molecule has 0 radical (unpaired) electrons. The molecule has 0 unspecified atom stereocenters. The van der Waals surface area contributed by atoms with E-state index < -0.39 is 11.7 Å². The smallest absolute Gasteiger partial charge is 0.166 e. The van der Waals surface area contributed by atoms with Crippen molar-refractivity contribution in [3.63, 3.8) is 0 Å². The maximum Gasteiger partial charge on any atom is 0.418 e. The van der Waals surface area contributed by atoms with Gasteiger partial charge in [0.15, 0.2) is 0 Å². The van der Waals surface area contributed by atoms with Gasteiger partial charge in [0.25, 0.3) is 0 Å². The molecule has 166 valence electrons. The SMILES string of the molecule is FC(F)(F)c1ccc([C+](C23CC4CC(CC(C4)C2)C3)C23CC4CC(CC(C4)C2)C3)cc1. The number of rotatable bonds is 3. The fraction of sp³-hybridized carbons (Fsp3) is 0.750. The summed E-state index contributed by atoms with van der Waals surface area (Å²) < 4.78 is 40.0. The van der Waals surface area contributed by atoms with Gasteiger partial charge in [-0.1, -0.05) is 0 Å². The molecule has 8 aliphatic carbocycles. The lowest BCUT2D eigenvalue weighted by Crippen LogP contribution is -2.57. The van der Waals surface area contributed by atoms with E-state index in [1.165, 1.54) is 94.7 Å². The quantitative estimate of drug-likeness (QED) is 0.428. The summed E-state index contributed by atoms with van der Waals surface area (Å²) in [5.41, 5.74) is 1.24.